The third kappa shape index (κ3) is 2.16. The zero-order valence-electron chi connectivity index (χ0n) is 7.98. The minimum atomic E-state index is -2.15. The van der Waals surface area contributed by atoms with Gasteiger partial charge < -0.3 is 0 Å². The fourth-order valence-electron chi connectivity index (χ4n) is 1.80. The van der Waals surface area contributed by atoms with Crippen molar-refractivity contribution in [1.29, 1.82) is 0 Å². The molecule has 0 aromatic rings. The molecule has 1 nitrogen and oxygen atoms in total. The minimum Gasteiger partial charge on any atom is -0.300 e. The maximum absolute atomic E-state index is 12.1. The molecule has 1 fully saturated rings. The lowest BCUT2D eigenvalue weighted by Crippen LogP contribution is -2.57. The minimum absolute atomic E-state index is 0.0518. The molecule has 1 saturated heterocycles. The van der Waals surface area contributed by atoms with Crippen molar-refractivity contribution in [3.63, 3.8) is 0 Å². The van der Waals surface area contributed by atoms with Gasteiger partial charge in [-0.1, -0.05) is 6.92 Å². The average Bonchev–Trinajstić information content (AvgIpc) is 1.80. The summed E-state index contributed by atoms with van der Waals surface area (Å²) in [6.07, 6.45) is -2.10. The molecular formula is C9H17F2N. The Balaban J connectivity index is 2.30. The van der Waals surface area contributed by atoms with Crippen LogP contribution in [0.5, 0.6) is 0 Å². The molecule has 0 atom stereocenters. The molecule has 0 aliphatic carbocycles. The molecule has 72 valence electrons. The highest BCUT2D eigenvalue weighted by molar-refractivity contribution is 4.92. The lowest BCUT2D eigenvalue weighted by molar-refractivity contribution is -0.0485. The van der Waals surface area contributed by atoms with E-state index in [-0.39, 0.29) is 11.8 Å². The van der Waals surface area contributed by atoms with E-state index in [2.05, 4.69) is 18.7 Å². The summed E-state index contributed by atoms with van der Waals surface area (Å²) in [4.78, 5) is 2.22. The number of alkyl halides is 2. The molecule has 0 amide bonds. The summed E-state index contributed by atoms with van der Waals surface area (Å²) in [6.45, 7) is 7.80. The Labute approximate surface area is 72.7 Å². The summed E-state index contributed by atoms with van der Waals surface area (Å²) in [6, 6.07) is 0.496. The molecule has 1 rings (SSSR count). The molecule has 0 radical (unpaired) electrons. The third-order valence-electron chi connectivity index (χ3n) is 2.55. The second-order valence-corrected chi connectivity index (χ2v) is 4.40. The first-order valence-corrected chi connectivity index (χ1v) is 4.45. The van der Waals surface area contributed by atoms with Crippen LogP contribution in [0.2, 0.25) is 0 Å². The van der Waals surface area contributed by atoms with Gasteiger partial charge in [-0.15, -0.1) is 0 Å². The van der Waals surface area contributed by atoms with Crippen LogP contribution in [-0.2, 0) is 0 Å². The zero-order valence-corrected chi connectivity index (χ0v) is 7.98. The van der Waals surface area contributed by atoms with Crippen LogP contribution in [0.4, 0.5) is 8.78 Å². The van der Waals surface area contributed by atoms with Crippen LogP contribution < -0.4 is 0 Å². The van der Waals surface area contributed by atoms with Crippen LogP contribution in [0.3, 0.4) is 0 Å². The van der Waals surface area contributed by atoms with Crippen molar-refractivity contribution in [1.82, 2.24) is 4.90 Å². The summed E-state index contributed by atoms with van der Waals surface area (Å²) in [5.74, 6) is 0. The quantitative estimate of drug-likeness (QED) is 0.639. The largest absolute Gasteiger partial charge is 0.300 e. The van der Waals surface area contributed by atoms with Crippen molar-refractivity contribution >= 4 is 0 Å². The van der Waals surface area contributed by atoms with Gasteiger partial charge in [0.05, 0.1) is 0 Å². The summed E-state index contributed by atoms with van der Waals surface area (Å²) >= 11 is 0. The molecule has 0 spiro atoms. The number of nitrogens with zero attached hydrogens (tertiary/aromatic N) is 1. The summed E-state index contributed by atoms with van der Waals surface area (Å²) in [5, 5.41) is 0. The van der Waals surface area contributed by atoms with Gasteiger partial charge in [0, 0.05) is 25.6 Å². The second kappa shape index (κ2) is 3.29. The standard InChI is InChI=1S/C9H17F2N/c1-7(2)12-5-9(3,6-12)4-8(10)11/h7-8H,4-6H2,1-3H3. The lowest BCUT2D eigenvalue weighted by atomic mass is 9.78. The Morgan fingerprint density at radius 3 is 2.17 bits per heavy atom. The van der Waals surface area contributed by atoms with Gasteiger partial charge in [-0.25, -0.2) is 8.78 Å². The van der Waals surface area contributed by atoms with Gasteiger partial charge in [-0.05, 0) is 19.3 Å². The van der Waals surface area contributed by atoms with Crippen LogP contribution in [0.15, 0.2) is 0 Å². The number of rotatable bonds is 3. The van der Waals surface area contributed by atoms with Gasteiger partial charge in [0.15, 0.2) is 0 Å². The maximum Gasteiger partial charge on any atom is 0.239 e. The monoisotopic (exact) mass is 177 g/mol. The normalized spacial score (nSPS) is 23.2. The first kappa shape index (κ1) is 9.90. The van der Waals surface area contributed by atoms with Crippen molar-refractivity contribution < 1.29 is 8.78 Å². The Kier molecular flexibility index (Phi) is 2.71. The van der Waals surface area contributed by atoms with E-state index in [1.165, 1.54) is 0 Å². The maximum atomic E-state index is 12.1. The zero-order chi connectivity index (χ0) is 9.35. The molecule has 0 bridgehead atoms. The molecule has 1 aliphatic rings. The molecular weight excluding hydrogens is 160 g/mol. The van der Waals surface area contributed by atoms with E-state index >= 15 is 0 Å². The smallest absolute Gasteiger partial charge is 0.239 e. The Morgan fingerprint density at radius 2 is 1.83 bits per heavy atom. The molecule has 0 N–H and O–H groups in total. The number of likely N-dealkylation sites (tertiary alicyclic amines) is 1. The van der Waals surface area contributed by atoms with Gasteiger partial charge in [-0.3, -0.25) is 4.90 Å². The van der Waals surface area contributed by atoms with Crippen LogP contribution in [0, 0.1) is 5.41 Å². The number of hydrogen-bond acceptors (Lipinski definition) is 1. The fraction of sp³-hybridized carbons (Fsp3) is 1.00. The first-order valence-electron chi connectivity index (χ1n) is 4.45. The van der Waals surface area contributed by atoms with Crippen molar-refractivity contribution in [2.45, 2.75) is 39.7 Å². The fourth-order valence-corrected chi connectivity index (χ4v) is 1.80. The van der Waals surface area contributed by atoms with Gasteiger partial charge in [0.2, 0.25) is 6.43 Å². The van der Waals surface area contributed by atoms with Crippen molar-refractivity contribution in [2.24, 2.45) is 5.41 Å². The lowest BCUT2D eigenvalue weighted by Gasteiger charge is -2.50. The van der Waals surface area contributed by atoms with Crippen molar-refractivity contribution in [3.8, 4) is 0 Å². The highest BCUT2D eigenvalue weighted by Gasteiger charge is 2.41. The SMILES string of the molecule is CC(C)N1CC(C)(CC(F)F)C1. The van der Waals surface area contributed by atoms with Crippen LogP contribution in [0.25, 0.3) is 0 Å². The van der Waals surface area contributed by atoms with Gasteiger partial charge >= 0.3 is 0 Å². The van der Waals surface area contributed by atoms with Crippen molar-refractivity contribution in [2.75, 3.05) is 13.1 Å². The highest BCUT2D eigenvalue weighted by Crippen LogP contribution is 2.36. The van der Waals surface area contributed by atoms with Gasteiger partial charge in [-0.2, -0.15) is 0 Å². The van der Waals surface area contributed by atoms with E-state index in [9.17, 15) is 8.78 Å². The summed E-state index contributed by atoms with van der Waals surface area (Å²) in [5.41, 5.74) is -0.127. The number of halogens is 2. The first-order chi connectivity index (χ1) is 5.43. The summed E-state index contributed by atoms with van der Waals surface area (Å²) in [7, 11) is 0. The molecule has 0 unspecified atom stereocenters. The van der Waals surface area contributed by atoms with Crippen LogP contribution >= 0.6 is 0 Å². The van der Waals surface area contributed by atoms with E-state index < -0.39 is 6.43 Å². The third-order valence-corrected chi connectivity index (χ3v) is 2.55. The molecule has 3 heteroatoms. The van der Waals surface area contributed by atoms with Gasteiger partial charge in [0.25, 0.3) is 0 Å². The van der Waals surface area contributed by atoms with Crippen LogP contribution in [0.1, 0.15) is 27.2 Å². The van der Waals surface area contributed by atoms with Gasteiger partial charge in [0.1, 0.15) is 0 Å². The Bertz CT molecular complexity index is 151. The second-order valence-electron chi connectivity index (χ2n) is 4.40. The molecule has 0 saturated carbocycles. The topological polar surface area (TPSA) is 3.24 Å². The predicted octanol–water partition coefficient (Wildman–Crippen LogP) is 2.37. The van der Waals surface area contributed by atoms with E-state index in [0.717, 1.165) is 13.1 Å². The Hall–Kier alpha value is -0.180. The van der Waals surface area contributed by atoms with E-state index in [1.54, 1.807) is 0 Å². The molecule has 1 heterocycles. The summed E-state index contributed by atoms with van der Waals surface area (Å²) < 4.78 is 24.1. The average molecular weight is 177 g/mol. The van der Waals surface area contributed by atoms with E-state index in [0.29, 0.717) is 6.04 Å². The van der Waals surface area contributed by atoms with E-state index in [1.807, 2.05) is 6.92 Å². The molecule has 0 aromatic heterocycles. The molecule has 1 aliphatic heterocycles. The van der Waals surface area contributed by atoms with Crippen molar-refractivity contribution in [3.05, 3.63) is 0 Å². The van der Waals surface area contributed by atoms with E-state index in [4.69, 9.17) is 0 Å². The van der Waals surface area contributed by atoms with Crippen LogP contribution in [-0.4, -0.2) is 30.5 Å². The number of hydrogen-bond donors (Lipinski definition) is 0. The Morgan fingerprint density at radius 1 is 1.33 bits per heavy atom. The highest BCUT2D eigenvalue weighted by atomic mass is 19.3. The molecule has 12 heavy (non-hydrogen) atoms. The predicted molar refractivity (Wildman–Crippen MR) is 45.4 cm³/mol. The molecule has 0 aromatic carbocycles.